The van der Waals surface area contributed by atoms with E-state index in [2.05, 4.69) is 4.90 Å². The molecule has 1 saturated heterocycles. The number of anilines is 1. The Hall–Kier alpha value is -2.74. The van der Waals surface area contributed by atoms with Gasteiger partial charge in [0.05, 0.1) is 18.5 Å². The van der Waals surface area contributed by atoms with Gasteiger partial charge in [-0.25, -0.2) is 0 Å². The molecule has 2 N–H and O–H groups in total. The third-order valence-electron chi connectivity index (χ3n) is 6.61. The van der Waals surface area contributed by atoms with Crippen LogP contribution in [0.3, 0.4) is 0 Å². The van der Waals surface area contributed by atoms with Crippen LogP contribution in [-0.4, -0.2) is 52.9 Å². The maximum absolute atomic E-state index is 13.4. The van der Waals surface area contributed by atoms with Crippen molar-refractivity contribution in [3.8, 4) is 5.75 Å². The van der Waals surface area contributed by atoms with E-state index < -0.39 is 24.7 Å². The second-order valence-electron chi connectivity index (χ2n) is 8.82. The van der Waals surface area contributed by atoms with Crippen LogP contribution in [0.1, 0.15) is 42.5 Å². The van der Waals surface area contributed by atoms with E-state index in [-0.39, 0.29) is 17.7 Å². The molecule has 2 aliphatic rings. The number of halogens is 3. The van der Waals surface area contributed by atoms with Gasteiger partial charge < -0.3 is 15.1 Å². The number of piperidine rings is 1. The van der Waals surface area contributed by atoms with Crippen molar-refractivity contribution in [1.29, 1.82) is 0 Å². The van der Waals surface area contributed by atoms with Crippen molar-refractivity contribution in [1.82, 2.24) is 4.90 Å². The van der Waals surface area contributed by atoms with Gasteiger partial charge in [0, 0.05) is 24.8 Å². The van der Waals surface area contributed by atoms with E-state index in [9.17, 15) is 28.2 Å². The number of hydrogen-bond donors (Lipinski definition) is 2. The zero-order valence-corrected chi connectivity index (χ0v) is 17.8. The van der Waals surface area contributed by atoms with Crippen LogP contribution in [0, 0.1) is 5.92 Å². The van der Waals surface area contributed by atoms with Crippen LogP contribution in [0.5, 0.6) is 5.75 Å². The van der Waals surface area contributed by atoms with Crippen molar-refractivity contribution in [2.45, 2.75) is 44.4 Å². The minimum Gasteiger partial charge on any atom is -0.508 e. The molecule has 2 heterocycles. The van der Waals surface area contributed by atoms with E-state index >= 15 is 0 Å². The predicted molar refractivity (Wildman–Crippen MR) is 115 cm³/mol. The van der Waals surface area contributed by atoms with Gasteiger partial charge in [-0.3, -0.25) is 9.69 Å². The SMILES string of the molecule is C[C@@H]1Cc2cc(O)ccc2C(c2ccc(N3CCC(C(=O)O)CC3)cc2)N1CC(F)(F)F. The molecule has 0 aromatic heterocycles. The Morgan fingerprint density at radius 2 is 1.75 bits per heavy atom. The summed E-state index contributed by atoms with van der Waals surface area (Å²) in [6, 6.07) is 11.5. The number of benzene rings is 2. The number of phenolic OH excluding ortho intramolecular Hbond substituents is 1. The van der Waals surface area contributed by atoms with Gasteiger partial charge in [-0.05, 0) is 67.1 Å². The molecule has 1 unspecified atom stereocenters. The van der Waals surface area contributed by atoms with Gasteiger partial charge in [0.1, 0.15) is 5.75 Å². The second kappa shape index (κ2) is 8.65. The minimum absolute atomic E-state index is 0.110. The summed E-state index contributed by atoms with van der Waals surface area (Å²) >= 11 is 0. The Kier molecular flexibility index (Phi) is 6.07. The Bertz CT molecular complexity index is 969. The lowest BCUT2D eigenvalue weighted by atomic mass is 9.84. The fraction of sp³-hybridized carbons (Fsp3) is 0.458. The van der Waals surface area contributed by atoms with Crippen LogP contribution in [-0.2, 0) is 11.2 Å². The van der Waals surface area contributed by atoms with Crippen LogP contribution in [0.2, 0.25) is 0 Å². The summed E-state index contributed by atoms with van der Waals surface area (Å²) in [5.41, 5.74) is 3.34. The van der Waals surface area contributed by atoms with E-state index in [1.807, 2.05) is 24.3 Å². The molecule has 2 aromatic carbocycles. The van der Waals surface area contributed by atoms with E-state index in [1.54, 1.807) is 19.1 Å². The maximum Gasteiger partial charge on any atom is 0.401 e. The highest BCUT2D eigenvalue weighted by Crippen LogP contribution is 2.41. The maximum atomic E-state index is 13.4. The fourth-order valence-corrected chi connectivity index (χ4v) is 4.98. The second-order valence-corrected chi connectivity index (χ2v) is 8.82. The third-order valence-corrected chi connectivity index (χ3v) is 6.61. The Balaban J connectivity index is 1.63. The first-order chi connectivity index (χ1) is 15.1. The number of aromatic hydroxyl groups is 1. The first kappa shape index (κ1) is 22.5. The number of carboxylic acids is 1. The van der Waals surface area contributed by atoms with Crippen molar-refractivity contribution in [3.63, 3.8) is 0 Å². The van der Waals surface area contributed by atoms with Gasteiger partial charge in [0.25, 0.3) is 0 Å². The first-order valence-corrected chi connectivity index (χ1v) is 10.8. The summed E-state index contributed by atoms with van der Waals surface area (Å²) in [6.07, 6.45) is -2.73. The number of alkyl halides is 3. The standard InChI is InChI=1S/C24H27F3N2O3/c1-15-12-18-13-20(30)6-7-21(18)22(29(15)14-24(25,26)27)16-2-4-19(5-3-16)28-10-8-17(9-11-28)23(31)32/h2-7,13,15,17,22,30H,8-12,14H2,1H3,(H,31,32)/t15-,22?/m1/s1. The molecule has 32 heavy (non-hydrogen) atoms. The third kappa shape index (κ3) is 4.70. The summed E-state index contributed by atoms with van der Waals surface area (Å²) in [5, 5.41) is 19.1. The zero-order valence-electron chi connectivity index (χ0n) is 17.8. The Morgan fingerprint density at radius 3 is 2.34 bits per heavy atom. The average Bonchev–Trinajstić information content (AvgIpc) is 2.74. The van der Waals surface area contributed by atoms with Gasteiger partial charge in [-0.15, -0.1) is 0 Å². The predicted octanol–water partition coefficient (Wildman–Crippen LogP) is 4.59. The van der Waals surface area contributed by atoms with E-state index in [0.29, 0.717) is 32.4 Å². The molecule has 0 radical (unpaired) electrons. The molecule has 2 aliphatic heterocycles. The molecule has 0 amide bonds. The van der Waals surface area contributed by atoms with Crippen LogP contribution >= 0.6 is 0 Å². The topological polar surface area (TPSA) is 64.0 Å². The highest BCUT2D eigenvalue weighted by Gasteiger charge is 2.40. The number of nitrogens with zero attached hydrogens (tertiary/aromatic N) is 2. The molecule has 0 spiro atoms. The molecular weight excluding hydrogens is 421 g/mol. The molecule has 8 heteroatoms. The normalized spacial score (nSPS) is 22.6. The molecule has 2 atom stereocenters. The quantitative estimate of drug-likeness (QED) is 0.716. The van der Waals surface area contributed by atoms with Gasteiger partial charge in [0.15, 0.2) is 0 Å². The van der Waals surface area contributed by atoms with Gasteiger partial charge in [-0.1, -0.05) is 18.2 Å². The molecule has 4 rings (SSSR count). The highest BCUT2D eigenvalue weighted by molar-refractivity contribution is 5.70. The van der Waals surface area contributed by atoms with Crippen molar-refractivity contribution in [2.75, 3.05) is 24.5 Å². The van der Waals surface area contributed by atoms with Crippen molar-refractivity contribution < 1.29 is 28.2 Å². The molecule has 172 valence electrons. The van der Waals surface area contributed by atoms with Crippen LogP contribution in [0.4, 0.5) is 18.9 Å². The number of rotatable bonds is 4. The van der Waals surface area contributed by atoms with Crippen LogP contribution < -0.4 is 4.90 Å². The van der Waals surface area contributed by atoms with Crippen molar-refractivity contribution in [2.24, 2.45) is 5.92 Å². The van der Waals surface area contributed by atoms with E-state index in [0.717, 1.165) is 22.4 Å². The van der Waals surface area contributed by atoms with Crippen LogP contribution in [0.15, 0.2) is 42.5 Å². The first-order valence-electron chi connectivity index (χ1n) is 10.8. The van der Waals surface area contributed by atoms with Crippen molar-refractivity contribution in [3.05, 3.63) is 59.2 Å². The lowest BCUT2D eigenvalue weighted by molar-refractivity contribution is -0.155. The number of fused-ring (bicyclic) bond motifs is 1. The highest BCUT2D eigenvalue weighted by atomic mass is 19.4. The Morgan fingerprint density at radius 1 is 1.09 bits per heavy atom. The van der Waals surface area contributed by atoms with Crippen molar-refractivity contribution >= 4 is 11.7 Å². The molecule has 1 fully saturated rings. The van der Waals surface area contributed by atoms with E-state index in [4.69, 9.17) is 0 Å². The lowest BCUT2D eigenvalue weighted by Crippen LogP contribution is -2.47. The molecule has 0 aliphatic carbocycles. The number of aliphatic carboxylic acids is 1. The number of hydrogen-bond acceptors (Lipinski definition) is 4. The molecule has 0 bridgehead atoms. The van der Waals surface area contributed by atoms with Gasteiger partial charge in [0.2, 0.25) is 0 Å². The number of phenols is 1. The fourth-order valence-electron chi connectivity index (χ4n) is 4.98. The van der Waals surface area contributed by atoms with Gasteiger partial charge >= 0.3 is 12.1 Å². The molecule has 5 nitrogen and oxygen atoms in total. The summed E-state index contributed by atoms with van der Waals surface area (Å²) < 4.78 is 40.2. The largest absolute Gasteiger partial charge is 0.508 e. The lowest BCUT2D eigenvalue weighted by Gasteiger charge is -2.42. The average molecular weight is 448 g/mol. The van der Waals surface area contributed by atoms with Gasteiger partial charge in [-0.2, -0.15) is 13.2 Å². The number of carboxylic acid groups (broad SMARTS) is 1. The monoisotopic (exact) mass is 448 g/mol. The molecular formula is C24H27F3N2O3. The van der Waals surface area contributed by atoms with E-state index in [1.165, 1.54) is 11.0 Å². The summed E-state index contributed by atoms with van der Waals surface area (Å²) in [5.74, 6) is -0.974. The summed E-state index contributed by atoms with van der Waals surface area (Å²) in [4.78, 5) is 14.8. The summed E-state index contributed by atoms with van der Waals surface area (Å²) in [6.45, 7) is 2.05. The Labute approximate surface area is 185 Å². The molecule has 0 saturated carbocycles. The zero-order chi connectivity index (χ0) is 23.0. The molecule has 2 aromatic rings. The summed E-state index contributed by atoms with van der Waals surface area (Å²) in [7, 11) is 0. The van der Waals surface area contributed by atoms with Crippen LogP contribution in [0.25, 0.3) is 0 Å². The number of carbonyl (C=O) groups is 1. The minimum atomic E-state index is -4.32. The smallest absolute Gasteiger partial charge is 0.401 e.